The number of carboxylic acids is 1. The molecule has 4 atom stereocenters. The molecule has 0 radical (unpaired) electrons. The van der Waals surface area contributed by atoms with E-state index in [4.69, 9.17) is 11.5 Å². The van der Waals surface area contributed by atoms with E-state index in [9.17, 15) is 24.3 Å². The number of benzene rings is 1. The van der Waals surface area contributed by atoms with Crippen LogP contribution in [0.4, 0.5) is 0 Å². The Kier molecular flexibility index (Phi) is 10.0. The quantitative estimate of drug-likeness (QED) is 0.194. The first kappa shape index (κ1) is 26.8. The third-order valence-electron chi connectivity index (χ3n) is 5.45. The fourth-order valence-electron chi connectivity index (χ4n) is 3.44. The van der Waals surface area contributed by atoms with Gasteiger partial charge in [0.15, 0.2) is 0 Å². The smallest absolute Gasteiger partial charge is 0.325 e. The summed E-state index contributed by atoms with van der Waals surface area (Å²) in [7, 11) is 0. The number of aliphatic carboxylic acids is 1. The molecule has 11 heteroatoms. The van der Waals surface area contributed by atoms with Gasteiger partial charge in [0.05, 0.1) is 6.04 Å². The average molecular weight is 475 g/mol. The molecule has 0 aliphatic rings. The largest absolute Gasteiger partial charge is 0.480 e. The van der Waals surface area contributed by atoms with Crippen molar-refractivity contribution in [2.45, 2.75) is 63.7 Å². The van der Waals surface area contributed by atoms with Crippen LogP contribution in [0.15, 0.2) is 30.5 Å². The number of unbranched alkanes of at least 4 members (excludes halogenated alkanes) is 1. The lowest BCUT2D eigenvalue weighted by Gasteiger charge is -2.24. The van der Waals surface area contributed by atoms with Crippen LogP contribution in [-0.4, -0.2) is 64.5 Å². The number of amides is 3. The van der Waals surface area contributed by atoms with Gasteiger partial charge in [-0.1, -0.05) is 18.2 Å². The number of carbonyl (C=O) groups excluding carboxylic acids is 3. The first-order valence-corrected chi connectivity index (χ1v) is 11.3. The molecule has 9 N–H and O–H groups in total. The molecule has 3 amide bonds. The van der Waals surface area contributed by atoms with Gasteiger partial charge in [-0.25, -0.2) is 0 Å². The van der Waals surface area contributed by atoms with Gasteiger partial charge in [-0.05, 0) is 51.3 Å². The highest BCUT2D eigenvalue weighted by atomic mass is 16.4. The zero-order chi connectivity index (χ0) is 25.3. The van der Waals surface area contributed by atoms with Crippen molar-refractivity contribution < 1.29 is 24.3 Å². The number of fused-ring (bicyclic) bond motifs is 1. The number of H-pyrrole nitrogens is 1. The fraction of sp³-hybridized carbons (Fsp3) is 0.478. The maximum Gasteiger partial charge on any atom is 0.325 e. The maximum atomic E-state index is 13.1. The molecule has 1 aromatic carbocycles. The summed E-state index contributed by atoms with van der Waals surface area (Å²) in [5.74, 6) is -2.90. The molecule has 0 saturated heterocycles. The second kappa shape index (κ2) is 12.7. The molecule has 0 bridgehead atoms. The average Bonchev–Trinajstić information content (AvgIpc) is 3.20. The third-order valence-corrected chi connectivity index (χ3v) is 5.45. The van der Waals surface area contributed by atoms with Crippen LogP contribution >= 0.6 is 0 Å². The van der Waals surface area contributed by atoms with Crippen molar-refractivity contribution in [1.82, 2.24) is 20.9 Å². The number of nitrogens with two attached hydrogens (primary N) is 2. The third kappa shape index (κ3) is 7.56. The lowest BCUT2D eigenvalue weighted by Crippen LogP contribution is -2.57. The number of hydrogen-bond donors (Lipinski definition) is 7. The summed E-state index contributed by atoms with van der Waals surface area (Å²) in [4.78, 5) is 52.6. The number of aromatic amines is 1. The van der Waals surface area contributed by atoms with E-state index in [1.807, 2.05) is 24.3 Å². The molecule has 2 rings (SSSR count). The summed E-state index contributed by atoms with van der Waals surface area (Å²) >= 11 is 0. The molecule has 34 heavy (non-hydrogen) atoms. The van der Waals surface area contributed by atoms with Crippen molar-refractivity contribution in [2.24, 2.45) is 11.5 Å². The van der Waals surface area contributed by atoms with Gasteiger partial charge < -0.3 is 37.5 Å². The minimum Gasteiger partial charge on any atom is -0.480 e. The predicted octanol–water partition coefficient (Wildman–Crippen LogP) is -0.254. The minimum absolute atomic E-state index is 0.116. The van der Waals surface area contributed by atoms with Crippen LogP contribution in [0.25, 0.3) is 10.9 Å². The Bertz CT molecular complexity index is 1000. The van der Waals surface area contributed by atoms with Crippen LogP contribution in [0.5, 0.6) is 0 Å². The molecule has 4 unspecified atom stereocenters. The Morgan fingerprint density at radius 1 is 0.971 bits per heavy atom. The van der Waals surface area contributed by atoms with Gasteiger partial charge in [-0.15, -0.1) is 0 Å². The molecule has 0 spiro atoms. The summed E-state index contributed by atoms with van der Waals surface area (Å²) in [6, 6.07) is 3.55. The summed E-state index contributed by atoms with van der Waals surface area (Å²) < 4.78 is 0. The number of nitrogens with one attached hydrogen (secondary N) is 4. The molecular formula is C23H34N6O5. The fourth-order valence-corrected chi connectivity index (χ4v) is 3.44. The molecule has 2 aromatic rings. The summed E-state index contributed by atoms with van der Waals surface area (Å²) in [5, 5.41) is 17.8. The van der Waals surface area contributed by atoms with E-state index >= 15 is 0 Å². The second-order valence-electron chi connectivity index (χ2n) is 8.33. The number of para-hydroxylation sites is 1. The van der Waals surface area contributed by atoms with E-state index in [0.29, 0.717) is 25.8 Å². The van der Waals surface area contributed by atoms with Gasteiger partial charge in [0.2, 0.25) is 17.7 Å². The number of carboxylic acid groups (broad SMARTS) is 1. The van der Waals surface area contributed by atoms with Crippen molar-refractivity contribution in [1.29, 1.82) is 0 Å². The van der Waals surface area contributed by atoms with Crippen molar-refractivity contribution >= 4 is 34.6 Å². The highest BCUT2D eigenvalue weighted by Gasteiger charge is 2.29. The minimum atomic E-state index is -1.20. The van der Waals surface area contributed by atoms with E-state index in [1.165, 1.54) is 13.8 Å². The normalized spacial score (nSPS) is 14.6. The van der Waals surface area contributed by atoms with Crippen LogP contribution in [0.2, 0.25) is 0 Å². The van der Waals surface area contributed by atoms with Gasteiger partial charge in [0, 0.05) is 23.5 Å². The van der Waals surface area contributed by atoms with Crippen molar-refractivity contribution in [3.8, 4) is 0 Å². The SMILES string of the molecule is CC(N)C(=O)NC(CCCCN)C(=O)NC(Cc1c[nH]c2ccccc12)C(=O)NC(C)C(=O)O. The molecule has 11 nitrogen and oxygen atoms in total. The van der Waals surface area contributed by atoms with Gasteiger partial charge >= 0.3 is 5.97 Å². The Balaban J connectivity index is 2.26. The van der Waals surface area contributed by atoms with E-state index < -0.39 is 47.9 Å². The van der Waals surface area contributed by atoms with Crippen molar-refractivity contribution in [3.63, 3.8) is 0 Å². The summed E-state index contributed by atoms with van der Waals surface area (Å²) in [6.45, 7) is 3.28. The molecule has 186 valence electrons. The molecule has 0 aliphatic carbocycles. The molecule has 1 aromatic heterocycles. The van der Waals surface area contributed by atoms with Gasteiger partial charge in [0.1, 0.15) is 18.1 Å². The van der Waals surface area contributed by atoms with Gasteiger partial charge in [-0.2, -0.15) is 0 Å². The summed E-state index contributed by atoms with van der Waals surface area (Å²) in [6.07, 6.45) is 3.42. The first-order chi connectivity index (χ1) is 16.1. The van der Waals surface area contributed by atoms with E-state index in [-0.39, 0.29) is 6.42 Å². The van der Waals surface area contributed by atoms with Crippen LogP contribution in [0, 0.1) is 0 Å². The predicted molar refractivity (Wildman–Crippen MR) is 128 cm³/mol. The van der Waals surface area contributed by atoms with Crippen LogP contribution in [0.3, 0.4) is 0 Å². The highest BCUT2D eigenvalue weighted by Crippen LogP contribution is 2.19. The van der Waals surface area contributed by atoms with E-state index in [2.05, 4.69) is 20.9 Å². The zero-order valence-corrected chi connectivity index (χ0v) is 19.5. The Hall–Kier alpha value is -3.44. The lowest BCUT2D eigenvalue weighted by molar-refractivity contribution is -0.141. The second-order valence-corrected chi connectivity index (χ2v) is 8.33. The maximum absolute atomic E-state index is 13.1. The molecule has 1 heterocycles. The lowest BCUT2D eigenvalue weighted by atomic mass is 10.0. The Morgan fingerprint density at radius 3 is 2.26 bits per heavy atom. The Morgan fingerprint density at radius 2 is 1.62 bits per heavy atom. The highest BCUT2D eigenvalue weighted by molar-refractivity contribution is 5.94. The van der Waals surface area contributed by atoms with Gasteiger partial charge in [-0.3, -0.25) is 19.2 Å². The number of hydrogen-bond acceptors (Lipinski definition) is 6. The van der Waals surface area contributed by atoms with Crippen molar-refractivity contribution in [2.75, 3.05) is 6.54 Å². The topological polar surface area (TPSA) is 192 Å². The van der Waals surface area contributed by atoms with Crippen LogP contribution < -0.4 is 27.4 Å². The molecule has 0 fully saturated rings. The molecular weight excluding hydrogens is 440 g/mol. The van der Waals surface area contributed by atoms with E-state index in [0.717, 1.165) is 16.5 Å². The zero-order valence-electron chi connectivity index (χ0n) is 19.5. The van der Waals surface area contributed by atoms with Gasteiger partial charge in [0.25, 0.3) is 0 Å². The molecule has 0 saturated carbocycles. The van der Waals surface area contributed by atoms with Crippen LogP contribution in [-0.2, 0) is 25.6 Å². The van der Waals surface area contributed by atoms with Crippen LogP contribution in [0.1, 0.15) is 38.7 Å². The summed E-state index contributed by atoms with van der Waals surface area (Å²) in [5.41, 5.74) is 12.8. The number of rotatable bonds is 13. The Labute approximate surface area is 198 Å². The monoisotopic (exact) mass is 474 g/mol. The van der Waals surface area contributed by atoms with E-state index in [1.54, 1.807) is 6.20 Å². The first-order valence-electron chi connectivity index (χ1n) is 11.3. The number of carbonyl (C=O) groups is 4. The standard InChI is InChI=1S/C23H34N6O5/c1-13(25)20(30)28-18(9-5-6-10-24)21(31)29-19(22(32)27-14(2)23(33)34)11-15-12-26-17-8-4-3-7-16(15)17/h3-4,7-8,12-14,18-19,26H,5-6,9-11,24-25H2,1-2H3,(H,27,32)(H,28,30)(H,29,31)(H,33,34). The number of aromatic nitrogens is 1. The molecule has 0 aliphatic heterocycles. The van der Waals surface area contributed by atoms with Crippen molar-refractivity contribution in [3.05, 3.63) is 36.0 Å².